The third-order valence-corrected chi connectivity index (χ3v) is 3.66. The van der Waals surface area contributed by atoms with Crippen molar-refractivity contribution in [3.8, 4) is 5.88 Å². The van der Waals surface area contributed by atoms with E-state index in [0.717, 1.165) is 45.0 Å². The first-order chi connectivity index (χ1) is 9.31. The number of nitrogens with zero attached hydrogens (tertiary/aromatic N) is 2. The first-order valence-electron chi connectivity index (χ1n) is 6.94. The van der Waals surface area contributed by atoms with Crippen LogP contribution in [0.15, 0.2) is 18.2 Å². The minimum Gasteiger partial charge on any atom is -0.478 e. The minimum absolute atomic E-state index is 0.325. The van der Waals surface area contributed by atoms with Crippen LogP contribution in [0.2, 0.25) is 0 Å². The summed E-state index contributed by atoms with van der Waals surface area (Å²) in [4.78, 5) is 6.79. The molecule has 0 unspecified atom stereocenters. The molecule has 2 aliphatic rings. The molecule has 2 saturated heterocycles. The van der Waals surface area contributed by atoms with Crippen molar-refractivity contribution in [1.82, 2.24) is 4.98 Å². The summed E-state index contributed by atoms with van der Waals surface area (Å²) in [5, 5.41) is 0. The molecule has 5 heteroatoms. The Balaban J connectivity index is 1.66. The van der Waals surface area contributed by atoms with Gasteiger partial charge in [-0.3, -0.25) is 0 Å². The van der Waals surface area contributed by atoms with Crippen LogP contribution in [0.1, 0.15) is 19.8 Å². The number of piperidine rings is 1. The zero-order valence-corrected chi connectivity index (χ0v) is 11.3. The van der Waals surface area contributed by atoms with Crippen LogP contribution in [-0.2, 0) is 9.47 Å². The second-order valence-electron chi connectivity index (χ2n) is 4.86. The Morgan fingerprint density at radius 3 is 2.68 bits per heavy atom. The predicted octanol–water partition coefficient (Wildman–Crippen LogP) is 1.82. The van der Waals surface area contributed by atoms with E-state index in [2.05, 4.69) is 9.88 Å². The van der Waals surface area contributed by atoms with Gasteiger partial charge in [-0.2, -0.15) is 4.98 Å². The molecule has 19 heavy (non-hydrogen) atoms. The SMILES string of the molecule is CCOc1cccc(N2CCC3(CC2)OCCO3)n1. The highest BCUT2D eigenvalue weighted by atomic mass is 16.7. The molecule has 0 bridgehead atoms. The molecule has 0 N–H and O–H groups in total. The molecule has 5 nitrogen and oxygen atoms in total. The van der Waals surface area contributed by atoms with Crippen LogP contribution < -0.4 is 9.64 Å². The van der Waals surface area contributed by atoms with Gasteiger partial charge in [-0.05, 0) is 13.0 Å². The standard InChI is InChI=1S/C14H20N2O3/c1-2-17-13-5-3-4-12(15-13)16-8-6-14(7-9-16)18-10-11-19-14/h3-5H,2,6-11H2,1H3. The van der Waals surface area contributed by atoms with E-state index < -0.39 is 0 Å². The molecular weight excluding hydrogens is 244 g/mol. The molecular formula is C14H20N2O3. The highest BCUT2D eigenvalue weighted by Crippen LogP contribution is 2.32. The maximum Gasteiger partial charge on any atom is 0.215 e. The molecule has 104 valence electrons. The Morgan fingerprint density at radius 2 is 2.00 bits per heavy atom. The zero-order chi connectivity index (χ0) is 13.1. The molecule has 2 aliphatic heterocycles. The van der Waals surface area contributed by atoms with Crippen LogP contribution >= 0.6 is 0 Å². The van der Waals surface area contributed by atoms with E-state index in [1.54, 1.807) is 0 Å². The summed E-state index contributed by atoms with van der Waals surface area (Å²) in [5.74, 6) is 1.33. The zero-order valence-electron chi connectivity index (χ0n) is 11.3. The highest BCUT2D eigenvalue weighted by Gasteiger charge is 2.39. The lowest BCUT2D eigenvalue weighted by molar-refractivity contribution is -0.169. The van der Waals surface area contributed by atoms with Gasteiger partial charge in [0.1, 0.15) is 5.82 Å². The first kappa shape index (κ1) is 12.7. The molecule has 3 heterocycles. The van der Waals surface area contributed by atoms with E-state index >= 15 is 0 Å². The molecule has 0 aliphatic carbocycles. The number of rotatable bonds is 3. The average molecular weight is 264 g/mol. The van der Waals surface area contributed by atoms with Crippen molar-refractivity contribution >= 4 is 5.82 Å². The molecule has 1 aromatic heterocycles. The summed E-state index contributed by atoms with van der Waals surface area (Å²) in [7, 11) is 0. The van der Waals surface area contributed by atoms with Gasteiger partial charge in [0.15, 0.2) is 5.79 Å². The Hall–Kier alpha value is -1.33. The molecule has 3 rings (SSSR count). The normalized spacial score (nSPS) is 21.8. The van der Waals surface area contributed by atoms with Gasteiger partial charge >= 0.3 is 0 Å². The summed E-state index contributed by atoms with van der Waals surface area (Å²) < 4.78 is 16.9. The number of ether oxygens (including phenoxy) is 3. The fourth-order valence-electron chi connectivity index (χ4n) is 2.67. The summed E-state index contributed by atoms with van der Waals surface area (Å²) in [6, 6.07) is 5.90. The monoisotopic (exact) mass is 264 g/mol. The Morgan fingerprint density at radius 1 is 1.26 bits per heavy atom. The first-order valence-corrected chi connectivity index (χ1v) is 6.94. The average Bonchev–Trinajstić information content (AvgIpc) is 2.89. The van der Waals surface area contributed by atoms with Crippen LogP contribution in [0.25, 0.3) is 0 Å². The summed E-state index contributed by atoms with van der Waals surface area (Å²) in [6.45, 7) is 5.86. The van der Waals surface area contributed by atoms with Gasteiger partial charge in [0.2, 0.25) is 5.88 Å². The maximum atomic E-state index is 5.73. The number of hydrogen-bond acceptors (Lipinski definition) is 5. The number of pyridine rings is 1. The Bertz CT molecular complexity index is 422. The van der Waals surface area contributed by atoms with E-state index in [4.69, 9.17) is 14.2 Å². The number of aromatic nitrogens is 1. The molecule has 0 amide bonds. The fraction of sp³-hybridized carbons (Fsp3) is 0.643. The minimum atomic E-state index is -0.325. The van der Waals surface area contributed by atoms with Gasteiger partial charge < -0.3 is 19.1 Å². The second kappa shape index (κ2) is 5.35. The van der Waals surface area contributed by atoms with E-state index in [-0.39, 0.29) is 5.79 Å². The lowest BCUT2D eigenvalue weighted by Gasteiger charge is -2.38. The van der Waals surface area contributed by atoms with Crippen LogP contribution in [-0.4, -0.2) is 43.7 Å². The van der Waals surface area contributed by atoms with E-state index in [1.807, 2.05) is 25.1 Å². The van der Waals surface area contributed by atoms with Gasteiger partial charge in [0.05, 0.1) is 19.8 Å². The van der Waals surface area contributed by atoms with Gasteiger partial charge in [-0.25, -0.2) is 0 Å². The smallest absolute Gasteiger partial charge is 0.215 e. The van der Waals surface area contributed by atoms with E-state index in [1.165, 1.54) is 0 Å². The van der Waals surface area contributed by atoms with Crippen LogP contribution in [0.5, 0.6) is 5.88 Å². The van der Waals surface area contributed by atoms with E-state index in [0.29, 0.717) is 12.5 Å². The Labute approximate surface area is 113 Å². The van der Waals surface area contributed by atoms with Crippen molar-refractivity contribution in [2.24, 2.45) is 0 Å². The fourth-order valence-corrected chi connectivity index (χ4v) is 2.67. The van der Waals surface area contributed by atoms with Crippen molar-refractivity contribution in [3.05, 3.63) is 18.2 Å². The Kier molecular flexibility index (Phi) is 3.57. The largest absolute Gasteiger partial charge is 0.478 e. The number of hydrogen-bond donors (Lipinski definition) is 0. The molecule has 0 radical (unpaired) electrons. The van der Waals surface area contributed by atoms with Crippen molar-refractivity contribution in [2.75, 3.05) is 37.8 Å². The molecule has 0 saturated carbocycles. The third-order valence-electron chi connectivity index (χ3n) is 3.66. The molecule has 0 aromatic carbocycles. The molecule has 0 atom stereocenters. The van der Waals surface area contributed by atoms with E-state index in [9.17, 15) is 0 Å². The van der Waals surface area contributed by atoms with Crippen molar-refractivity contribution in [2.45, 2.75) is 25.6 Å². The third kappa shape index (κ3) is 2.67. The lowest BCUT2D eigenvalue weighted by Crippen LogP contribution is -2.45. The van der Waals surface area contributed by atoms with Crippen molar-refractivity contribution in [1.29, 1.82) is 0 Å². The van der Waals surface area contributed by atoms with Gasteiger partial charge in [0, 0.05) is 32.0 Å². The molecule has 1 spiro atoms. The molecule has 1 aromatic rings. The van der Waals surface area contributed by atoms with Gasteiger partial charge in [0.25, 0.3) is 0 Å². The predicted molar refractivity (Wildman–Crippen MR) is 71.5 cm³/mol. The summed E-state index contributed by atoms with van der Waals surface area (Å²) >= 11 is 0. The highest BCUT2D eigenvalue weighted by molar-refractivity contribution is 5.41. The quantitative estimate of drug-likeness (QED) is 0.833. The topological polar surface area (TPSA) is 43.8 Å². The van der Waals surface area contributed by atoms with Crippen LogP contribution in [0.3, 0.4) is 0 Å². The molecule has 2 fully saturated rings. The maximum absolute atomic E-state index is 5.73. The van der Waals surface area contributed by atoms with Gasteiger partial charge in [-0.1, -0.05) is 6.07 Å². The van der Waals surface area contributed by atoms with Crippen LogP contribution in [0, 0.1) is 0 Å². The summed E-state index contributed by atoms with van der Waals surface area (Å²) in [6.07, 6.45) is 1.79. The van der Waals surface area contributed by atoms with Gasteiger partial charge in [-0.15, -0.1) is 0 Å². The lowest BCUT2D eigenvalue weighted by atomic mass is 10.0. The summed E-state index contributed by atoms with van der Waals surface area (Å²) in [5.41, 5.74) is 0. The van der Waals surface area contributed by atoms with Crippen LogP contribution in [0.4, 0.5) is 5.82 Å². The second-order valence-corrected chi connectivity index (χ2v) is 4.86. The number of anilines is 1. The van der Waals surface area contributed by atoms with Crippen molar-refractivity contribution < 1.29 is 14.2 Å². The van der Waals surface area contributed by atoms with Crippen molar-refractivity contribution in [3.63, 3.8) is 0 Å².